The van der Waals surface area contributed by atoms with E-state index >= 15 is 0 Å². The quantitative estimate of drug-likeness (QED) is 0.720. The molecule has 0 aliphatic carbocycles. The van der Waals surface area contributed by atoms with Crippen molar-refractivity contribution in [3.63, 3.8) is 0 Å². The maximum absolute atomic E-state index is 8.99. The first kappa shape index (κ1) is 14.9. The Kier molecular flexibility index (Phi) is 6.07. The number of hydrogen-bond donors (Lipinski definition) is 0. The van der Waals surface area contributed by atoms with E-state index in [1.54, 1.807) is 0 Å². The minimum absolute atomic E-state index is 0.111. The molecule has 0 saturated carbocycles. The van der Waals surface area contributed by atoms with E-state index in [0.717, 1.165) is 13.0 Å². The molecule has 0 bridgehead atoms. The molecule has 1 atom stereocenters. The topological polar surface area (TPSA) is 27.0 Å². The van der Waals surface area contributed by atoms with E-state index in [2.05, 4.69) is 56.0 Å². The Labute approximate surface area is 115 Å². The van der Waals surface area contributed by atoms with Gasteiger partial charge in [0.05, 0.1) is 12.0 Å². The summed E-state index contributed by atoms with van der Waals surface area (Å²) < 4.78 is 0. The third-order valence-corrected chi connectivity index (χ3v) is 3.83. The highest BCUT2D eigenvalue weighted by Gasteiger charge is 2.09. The van der Waals surface area contributed by atoms with Crippen molar-refractivity contribution >= 4 is 17.4 Å². The number of nitrogens with zero attached hydrogens (tertiary/aromatic N) is 2. The minimum atomic E-state index is 0.111. The maximum Gasteiger partial charge on any atom is 0.0674 e. The van der Waals surface area contributed by atoms with E-state index in [9.17, 15) is 0 Å². The van der Waals surface area contributed by atoms with Crippen LogP contribution in [0, 0.1) is 17.2 Å². The van der Waals surface area contributed by atoms with E-state index in [0.29, 0.717) is 5.25 Å². The SMILES string of the molecule is CCC(C#N)CN(C)c1ccc(SC(C)C)cc1. The molecule has 1 aromatic carbocycles. The first-order valence-corrected chi connectivity index (χ1v) is 7.32. The van der Waals surface area contributed by atoms with Crippen molar-refractivity contribution < 1.29 is 0 Å². The molecule has 0 aromatic heterocycles. The number of benzene rings is 1. The van der Waals surface area contributed by atoms with E-state index in [1.165, 1.54) is 10.6 Å². The third-order valence-electron chi connectivity index (χ3n) is 2.82. The number of anilines is 1. The molecule has 0 spiro atoms. The fraction of sp³-hybridized carbons (Fsp3) is 0.533. The average molecular weight is 262 g/mol. The van der Waals surface area contributed by atoms with Gasteiger partial charge in [-0.3, -0.25) is 0 Å². The summed E-state index contributed by atoms with van der Waals surface area (Å²) in [6.45, 7) is 7.25. The molecule has 3 heteroatoms. The minimum Gasteiger partial charge on any atom is -0.373 e. The van der Waals surface area contributed by atoms with Gasteiger partial charge >= 0.3 is 0 Å². The van der Waals surface area contributed by atoms with Crippen LogP contribution in [0.5, 0.6) is 0 Å². The van der Waals surface area contributed by atoms with E-state index in [-0.39, 0.29) is 5.92 Å². The van der Waals surface area contributed by atoms with Gasteiger partial charge in [-0.1, -0.05) is 20.8 Å². The summed E-state index contributed by atoms with van der Waals surface area (Å²) >= 11 is 1.87. The Hall–Kier alpha value is -1.14. The Bertz CT molecular complexity index is 392. The molecule has 98 valence electrons. The molecule has 1 unspecified atom stereocenters. The van der Waals surface area contributed by atoms with Crippen molar-refractivity contribution in [3.8, 4) is 6.07 Å². The lowest BCUT2D eigenvalue weighted by Gasteiger charge is -2.21. The van der Waals surface area contributed by atoms with E-state index < -0.39 is 0 Å². The molecule has 0 saturated heterocycles. The Morgan fingerprint density at radius 3 is 2.33 bits per heavy atom. The van der Waals surface area contributed by atoms with Crippen LogP contribution in [0.4, 0.5) is 5.69 Å². The largest absolute Gasteiger partial charge is 0.373 e. The van der Waals surface area contributed by atoms with Gasteiger partial charge in [0.1, 0.15) is 0 Å². The normalized spacial score (nSPS) is 12.2. The lowest BCUT2D eigenvalue weighted by molar-refractivity contribution is 0.631. The maximum atomic E-state index is 8.99. The van der Waals surface area contributed by atoms with Crippen molar-refractivity contribution in [2.75, 3.05) is 18.5 Å². The van der Waals surface area contributed by atoms with Gasteiger partial charge in [0, 0.05) is 29.4 Å². The summed E-state index contributed by atoms with van der Waals surface area (Å²) in [6.07, 6.45) is 0.905. The summed E-state index contributed by atoms with van der Waals surface area (Å²) in [5.41, 5.74) is 1.18. The predicted molar refractivity (Wildman–Crippen MR) is 80.1 cm³/mol. The zero-order valence-electron chi connectivity index (χ0n) is 11.7. The summed E-state index contributed by atoms with van der Waals surface area (Å²) in [5.74, 6) is 0.111. The van der Waals surface area contributed by atoms with Crippen molar-refractivity contribution in [2.45, 2.75) is 37.3 Å². The number of rotatable bonds is 6. The van der Waals surface area contributed by atoms with Crippen LogP contribution in [0.25, 0.3) is 0 Å². The molecule has 0 aliphatic heterocycles. The van der Waals surface area contributed by atoms with Crippen LogP contribution in [-0.4, -0.2) is 18.8 Å². The third kappa shape index (κ3) is 4.62. The van der Waals surface area contributed by atoms with E-state index in [1.807, 2.05) is 18.8 Å². The Morgan fingerprint density at radius 2 is 1.89 bits per heavy atom. The highest BCUT2D eigenvalue weighted by Crippen LogP contribution is 2.25. The lowest BCUT2D eigenvalue weighted by Crippen LogP contribution is -2.24. The van der Waals surface area contributed by atoms with Crippen molar-refractivity contribution in [3.05, 3.63) is 24.3 Å². The molecule has 0 N–H and O–H groups in total. The van der Waals surface area contributed by atoms with Gasteiger partial charge in [-0.15, -0.1) is 11.8 Å². The van der Waals surface area contributed by atoms with Crippen LogP contribution in [-0.2, 0) is 0 Å². The second-order valence-electron chi connectivity index (χ2n) is 4.78. The molecule has 0 heterocycles. The summed E-state index contributed by atoms with van der Waals surface area (Å²) in [7, 11) is 2.05. The molecule has 0 amide bonds. The standard InChI is InChI=1S/C15H22N2S/c1-5-13(10-16)11-17(4)14-6-8-15(9-7-14)18-12(2)3/h6-9,12-13H,5,11H2,1-4H3. The van der Waals surface area contributed by atoms with Crippen LogP contribution in [0.1, 0.15) is 27.2 Å². The molecular weight excluding hydrogens is 240 g/mol. The van der Waals surface area contributed by atoms with E-state index in [4.69, 9.17) is 5.26 Å². The van der Waals surface area contributed by atoms with Crippen LogP contribution in [0.2, 0.25) is 0 Å². The van der Waals surface area contributed by atoms with Crippen molar-refractivity contribution in [1.29, 1.82) is 5.26 Å². The molecular formula is C15H22N2S. The first-order chi connectivity index (χ1) is 8.56. The van der Waals surface area contributed by atoms with Crippen molar-refractivity contribution in [1.82, 2.24) is 0 Å². The van der Waals surface area contributed by atoms with Gasteiger partial charge < -0.3 is 4.90 Å². The summed E-state index contributed by atoms with van der Waals surface area (Å²) in [6, 6.07) is 10.9. The van der Waals surface area contributed by atoms with Gasteiger partial charge in [0.2, 0.25) is 0 Å². The fourth-order valence-electron chi connectivity index (χ4n) is 1.75. The Morgan fingerprint density at radius 1 is 1.28 bits per heavy atom. The summed E-state index contributed by atoms with van der Waals surface area (Å²) in [5, 5.41) is 9.59. The molecule has 0 radical (unpaired) electrons. The highest BCUT2D eigenvalue weighted by atomic mass is 32.2. The van der Waals surface area contributed by atoms with Gasteiger partial charge in [-0.25, -0.2) is 0 Å². The van der Waals surface area contributed by atoms with Gasteiger partial charge in [-0.2, -0.15) is 5.26 Å². The second kappa shape index (κ2) is 7.33. The van der Waals surface area contributed by atoms with Crippen LogP contribution >= 0.6 is 11.8 Å². The molecule has 18 heavy (non-hydrogen) atoms. The van der Waals surface area contributed by atoms with Crippen molar-refractivity contribution in [2.24, 2.45) is 5.92 Å². The zero-order valence-corrected chi connectivity index (χ0v) is 12.5. The number of thioether (sulfide) groups is 1. The second-order valence-corrected chi connectivity index (χ2v) is 6.43. The highest BCUT2D eigenvalue weighted by molar-refractivity contribution is 7.99. The van der Waals surface area contributed by atoms with Gasteiger partial charge in [0.25, 0.3) is 0 Å². The zero-order chi connectivity index (χ0) is 13.5. The van der Waals surface area contributed by atoms with Crippen LogP contribution < -0.4 is 4.90 Å². The van der Waals surface area contributed by atoms with Crippen LogP contribution in [0.3, 0.4) is 0 Å². The summed E-state index contributed by atoms with van der Waals surface area (Å²) in [4.78, 5) is 3.45. The molecule has 0 fully saturated rings. The lowest BCUT2D eigenvalue weighted by atomic mass is 10.1. The molecule has 1 rings (SSSR count). The average Bonchev–Trinajstić information content (AvgIpc) is 2.35. The molecule has 1 aromatic rings. The first-order valence-electron chi connectivity index (χ1n) is 6.44. The smallest absolute Gasteiger partial charge is 0.0674 e. The van der Waals surface area contributed by atoms with Gasteiger partial charge in [-0.05, 0) is 30.7 Å². The molecule has 2 nitrogen and oxygen atoms in total. The predicted octanol–water partition coefficient (Wildman–Crippen LogP) is 4.17. The number of nitriles is 1. The Balaban J connectivity index is 2.64. The monoisotopic (exact) mass is 262 g/mol. The number of hydrogen-bond acceptors (Lipinski definition) is 3. The van der Waals surface area contributed by atoms with Gasteiger partial charge in [0.15, 0.2) is 0 Å². The molecule has 0 aliphatic rings. The fourth-order valence-corrected chi connectivity index (χ4v) is 2.59. The van der Waals surface area contributed by atoms with Crippen LogP contribution in [0.15, 0.2) is 29.2 Å².